The van der Waals surface area contributed by atoms with Crippen molar-refractivity contribution in [1.29, 1.82) is 0 Å². The molecule has 3 heterocycles. The van der Waals surface area contributed by atoms with Gasteiger partial charge in [0.2, 0.25) is 5.89 Å². The third-order valence-corrected chi connectivity index (χ3v) is 3.98. The molecule has 7 nitrogen and oxygen atoms in total. The van der Waals surface area contributed by atoms with Gasteiger partial charge in [0.05, 0.1) is 17.2 Å². The zero-order valence-electron chi connectivity index (χ0n) is 12.5. The van der Waals surface area contributed by atoms with E-state index >= 15 is 0 Å². The molecule has 1 aliphatic heterocycles. The second-order valence-electron chi connectivity index (χ2n) is 5.94. The third kappa shape index (κ3) is 2.55. The predicted octanol–water partition coefficient (Wildman–Crippen LogP) is 1.31. The lowest BCUT2D eigenvalue weighted by molar-refractivity contribution is 0.0620. The molecule has 0 bridgehead atoms. The molecule has 2 aromatic rings. The number of amides is 1. The monoisotopic (exact) mass is 289 g/mol. The number of rotatable bonds is 2. The van der Waals surface area contributed by atoms with E-state index in [1.807, 2.05) is 4.90 Å². The molecular formula is C14H19N5O2. The lowest BCUT2D eigenvalue weighted by atomic mass is 9.81. The number of aryl methyl sites for hydroxylation is 2. The fourth-order valence-corrected chi connectivity index (χ4v) is 2.84. The Labute approximate surface area is 122 Å². The van der Waals surface area contributed by atoms with E-state index in [-0.39, 0.29) is 11.3 Å². The quantitative estimate of drug-likeness (QED) is 0.833. The Morgan fingerprint density at radius 1 is 1.48 bits per heavy atom. The number of carbonyl (C=O) groups excluding carboxylic acids is 1. The normalized spacial score (nSPS) is 22.5. The van der Waals surface area contributed by atoms with E-state index in [1.54, 1.807) is 31.0 Å². The van der Waals surface area contributed by atoms with Crippen molar-refractivity contribution < 1.29 is 9.32 Å². The van der Waals surface area contributed by atoms with Crippen LogP contribution < -0.4 is 0 Å². The summed E-state index contributed by atoms with van der Waals surface area (Å²) in [5, 5.41) is 7.92. The first-order chi connectivity index (χ1) is 9.98. The van der Waals surface area contributed by atoms with Crippen molar-refractivity contribution >= 4 is 5.91 Å². The topological polar surface area (TPSA) is 77.0 Å². The minimum atomic E-state index is -0.280. The molecular weight excluding hydrogens is 270 g/mol. The zero-order valence-corrected chi connectivity index (χ0v) is 12.5. The van der Waals surface area contributed by atoms with E-state index in [1.165, 1.54) is 0 Å². The van der Waals surface area contributed by atoms with Crippen LogP contribution in [0.4, 0.5) is 0 Å². The number of carbonyl (C=O) groups is 1. The summed E-state index contributed by atoms with van der Waals surface area (Å²) in [5.74, 6) is 1.25. The van der Waals surface area contributed by atoms with Crippen molar-refractivity contribution in [2.24, 2.45) is 7.05 Å². The molecule has 7 heteroatoms. The molecule has 1 atom stereocenters. The van der Waals surface area contributed by atoms with E-state index in [9.17, 15) is 4.79 Å². The molecule has 1 amide bonds. The molecule has 0 N–H and O–H groups in total. The Balaban J connectivity index is 1.81. The van der Waals surface area contributed by atoms with Gasteiger partial charge in [-0.15, -0.1) is 0 Å². The highest BCUT2D eigenvalue weighted by Gasteiger charge is 2.39. The van der Waals surface area contributed by atoms with Crippen LogP contribution in [0.2, 0.25) is 0 Å². The summed E-state index contributed by atoms with van der Waals surface area (Å²) in [6.45, 7) is 5.21. The van der Waals surface area contributed by atoms with Gasteiger partial charge in [-0.3, -0.25) is 9.48 Å². The van der Waals surface area contributed by atoms with E-state index < -0.39 is 0 Å². The Morgan fingerprint density at radius 2 is 2.29 bits per heavy atom. The summed E-state index contributed by atoms with van der Waals surface area (Å²) >= 11 is 0. The van der Waals surface area contributed by atoms with Gasteiger partial charge in [-0.1, -0.05) is 5.16 Å². The molecule has 0 saturated carbocycles. The van der Waals surface area contributed by atoms with Gasteiger partial charge < -0.3 is 9.42 Å². The molecule has 2 aromatic heterocycles. The van der Waals surface area contributed by atoms with Crippen LogP contribution in [-0.4, -0.2) is 43.8 Å². The smallest absolute Gasteiger partial charge is 0.257 e. The summed E-state index contributed by atoms with van der Waals surface area (Å²) in [7, 11) is 1.80. The molecule has 1 saturated heterocycles. The van der Waals surface area contributed by atoms with E-state index in [2.05, 4.69) is 22.2 Å². The second kappa shape index (κ2) is 4.98. The number of aromatic nitrogens is 4. The molecule has 1 fully saturated rings. The zero-order chi connectivity index (χ0) is 15.0. The molecule has 0 aliphatic carbocycles. The Morgan fingerprint density at radius 3 is 2.90 bits per heavy atom. The SMILES string of the molecule is Cc1noc([C@@]2(C)CCCN(C(=O)c3cnn(C)c3)C2)n1. The van der Waals surface area contributed by atoms with Crippen LogP contribution in [0.1, 0.15) is 41.8 Å². The maximum absolute atomic E-state index is 12.5. The first-order valence-corrected chi connectivity index (χ1v) is 7.07. The van der Waals surface area contributed by atoms with Gasteiger partial charge in [0.1, 0.15) is 0 Å². The highest BCUT2D eigenvalue weighted by molar-refractivity contribution is 5.93. The summed E-state index contributed by atoms with van der Waals surface area (Å²) in [5.41, 5.74) is 0.334. The summed E-state index contributed by atoms with van der Waals surface area (Å²) in [4.78, 5) is 18.7. The Hall–Kier alpha value is -2.18. The molecule has 112 valence electrons. The molecule has 0 unspecified atom stereocenters. The standard InChI is InChI=1S/C14H19N5O2/c1-10-16-13(21-17-10)14(2)5-4-6-19(9-14)12(20)11-7-15-18(3)8-11/h7-8H,4-6,9H2,1-3H3/t14-/m0/s1. The Bertz CT molecular complexity index is 662. The van der Waals surface area contributed by atoms with Crippen LogP contribution in [0.25, 0.3) is 0 Å². The van der Waals surface area contributed by atoms with Gasteiger partial charge in [0.15, 0.2) is 5.82 Å². The predicted molar refractivity (Wildman–Crippen MR) is 74.7 cm³/mol. The lowest BCUT2D eigenvalue weighted by Crippen LogP contribution is -2.47. The van der Waals surface area contributed by atoms with Crippen LogP contribution in [-0.2, 0) is 12.5 Å². The van der Waals surface area contributed by atoms with E-state index in [0.29, 0.717) is 23.8 Å². The van der Waals surface area contributed by atoms with Gasteiger partial charge >= 0.3 is 0 Å². The van der Waals surface area contributed by atoms with Crippen molar-refractivity contribution in [3.63, 3.8) is 0 Å². The average molecular weight is 289 g/mol. The van der Waals surface area contributed by atoms with Crippen molar-refractivity contribution in [1.82, 2.24) is 24.8 Å². The fraction of sp³-hybridized carbons (Fsp3) is 0.571. The van der Waals surface area contributed by atoms with Crippen molar-refractivity contribution in [3.8, 4) is 0 Å². The molecule has 0 spiro atoms. The second-order valence-corrected chi connectivity index (χ2v) is 5.94. The highest BCUT2D eigenvalue weighted by atomic mass is 16.5. The largest absolute Gasteiger partial charge is 0.339 e. The first kappa shape index (κ1) is 13.8. The van der Waals surface area contributed by atoms with Crippen LogP contribution in [0, 0.1) is 6.92 Å². The number of hydrogen-bond donors (Lipinski definition) is 0. The molecule has 21 heavy (non-hydrogen) atoms. The van der Waals surface area contributed by atoms with Crippen molar-refractivity contribution in [3.05, 3.63) is 29.7 Å². The van der Waals surface area contributed by atoms with Gasteiger partial charge in [-0.05, 0) is 26.7 Å². The van der Waals surface area contributed by atoms with Crippen LogP contribution in [0.5, 0.6) is 0 Å². The maximum atomic E-state index is 12.5. The van der Waals surface area contributed by atoms with Crippen LogP contribution >= 0.6 is 0 Å². The van der Waals surface area contributed by atoms with Gasteiger partial charge in [-0.25, -0.2) is 0 Å². The minimum absolute atomic E-state index is 0.00487. The number of hydrogen-bond acceptors (Lipinski definition) is 5. The van der Waals surface area contributed by atoms with Gasteiger partial charge in [0.25, 0.3) is 5.91 Å². The maximum Gasteiger partial charge on any atom is 0.257 e. The Kier molecular flexibility index (Phi) is 3.27. The van der Waals surface area contributed by atoms with Crippen LogP contribution in [0.3, 0.4) is 0 Å². The molecule has 3 rings (SSSR count). The molecule has 1 aliphatic rings. The minimum Gasteiger partial charge on any atom is -0.339 e. The first-order valence-electron chi connectivity index (χ1n) is 7.07. The van der Waals surface area contributed by atoms with Crippen LogP contribution in [0.15, 0.2) is 16.9 Å². The van der Waals surface area contributed by atoms with E-state index in [0.717, 1.165) is 19.4 Å². The van der Waals surface area contributed by atoms with Gasteiger partial charge in [-0.2, -0.15) is 10.1 Å². The lowest BCUT2D eigenvalue weighted by Gasteiger charge is -2.37. The summed E-state index contributed by atoms with van der Waals surface area (Å²) in [6.07, 6.45) is 5.20. The van der Waals surface area contributed by atoms with Crippen molar-refractivity contribution in [2.45, 2.75) is 32.1 Å². The number of piperidine rings is 1. The van der Waals surface area contributed by atoms with E-state index in [4.69, 9.17) is 4.52 Å². The fourth-order valence-electron chi connectivity index (χ4n) is 2.84. The highest BCUT2D eigenvalue weighted by Crippen LogP contribution is 2.33. The summed E-state index contributed by atoms with van der Waals surface area (Å²) in [6, 6.07) is 0. The number of likely N-dealkylation sites (tertiary alicyclic amines) is 1. The third-order valence-electron chi connectivity index (χ3n) is 3.98. The average Bonchev–Trinajstić information content (AvgIpc) is 3.07. The molecule has 0 aromatic carbocycles. The van der Waals surface area contributed by atoms with Crippen molar-refractivity contribution in [2.75, 3.05) is 13.1 Å². The summed E-state index contributed by atoms with van der Waals surface area (Å²) < 4.78 is 6.97. The number of nitrogens with zero attached hydrogens (tertiary/aromatic N) is 5. The van der Waals surface area contributed by atoms with Gasteiger partial charge in [0, 0.05) is 26.3 Å². The molecule has 0 radical (unpaired) electrons.